The summed E-state index contributed by atoms with van der Waals surface area (Å²) in [6.07, 6.45) is 0.841. The van der Waals surface area contributed by atoms with E-state index in [-0.39, 0.29) is 21.4 Å². The Bertz CT molecular complexity index is 612. The Kier molecular flexibility index (Phi) is 5.56. The number of rotatable bonds is 5. The minimum Gasteiger partial charge on any atom is -0.352 e. The fourth-order valence-electron chi connectivity index (χ4n) is 1.66. The first-order valence-electron chi connectivity index (χ1n) is 6.24. The van der Waals surface area contributed by atoms with Crippen molar-refractivity contribution < 1.29 is 13.2 Å². The number of nitrogens with one attached hydrogen (secondary N) is 1. The number of amides is 1. The van der Waals surface area contributed by atoms with E-state index in [4.69, 9.17) is 16.7 Å². The molecule has 112 valence electrons. The number of hydrogen-bond acceptors (Lipinski definition) is 3. The van der Waals surface area contributed by atoms with Gasteiger partial charge in [-0.05, 0) is 37.0 Å². The maximum Gasteiger partial charge on any atom is 0.251 e. The number of hydrogen-bond donors (Lipinski definition) is 2. The molecule has 0 saturated heterocycles. The molecule has 20 heavy (non-hydrogen) atoms. The van der Waals surface area contributed by atoms with Crippen molar-refractivity contribution in [2.75, 3.05) is 6.54 Å². The van der Waals surface area contributed by atoms with Gasteiger partial charge in [0.2, 0.25) is 10.0 Å². The maximum atomic E-state index is 12.0. The monoisotopic (exact) mass is 318 g/mol. The number of carbonyl (C=O) groups excluding carboxylic acids is 1. The Balaban J connectivity index is 3.03. The van der Waals surface area contributed by atoms with Gasteiger partial charge in [0.1, 0.15) is 0 Å². The second-order valence-electron chi connectivity index (χ2n) is 5.06. The third kappa shape index (κ3) is 4.47. The van der Waals surface area contributed by atoms with Crippen molar-refractivity contribution in [3.05, 3.63) is 28.3 Å². The number of sulfonamides is 1. The van der Waals surface area contributed by atoms with Crippen LogP contribution >= 0.6 is 11.6 Å². The van der Waals surface area contributed by atoms with Crippen molar-refractivity contribution in [2.45, 2.75) is 32.1 Å². The molecule has 0 fully saturated rings. The molecule has 7 heteroatoms. The predicted octanol–water partition coefficient (Wildman–Crippen LogP) is 2.07. The van der Waals surface area contributed by atoms with E-state index >= 15 is 0 Å². The van der Waals surface area contributed by atoms with E-state index in [1.54, 1.807) is 6.92 Å². The lowest BCUT2D eigenvalue weighted by Crippen LogP contribution is -2.26. The molecule has 0 aliphatic heterocycles. The summed E-state index contributed by atoms with van der Waals surface area (Å²) in [5, 5.41) is 8.04. The first-order valence-corrected chi connectivity index (χ1v) is 8.16. The summed E-state index contributed by atoms with van der Waals surface area (Å²) < 4.78 is 22.9. The van der Waals surface area contributed by atoms with Crippen LogP contribution in [0.3, 0.4) is 0 Å². The average Bonchev–Trinajstić information content (AvgIpc) is 2.30. The summed E-state index contributed by atoms with van der Waals surface area (Å²) in [5.41, 5.74) is 0.529. The number of carbonyl (C=O) groups is 1. The third-order valence-electron chi connectivity index (χ3n) is 2.87. The fourth-order valence-corrected chi connectivity index (χ4v) is 2.76. The highest BCUT2D eigenvalue weighted by Gasteiger charge is 2.18. The summed E-state index contributed by atoms with van der Waals surface area (Å²) in [6, 6.07) is 2.69. The molecule has 1 aromatic rings. The number of nitrogens with two attached hydrogens (primary N) is 1. The largest absolute Gasteiger partial charge is 0.352 e. The van der Waals surface area contributed by atoms with Gasteiger partial charge in [-0.25, -0.2) is 13.6 Å². The Morgan fingerprint density at radius 3 is 2.50 bits per heavy atom. The molecule has 0 heterocycles. The lowest BCUT2D eigenvalue weighted by Gasteiger charge is -2.11. The first kappa shape index (κ1) is 16.9. The van der Waals surface area contributed by atoms with Gasteiger partial charge >= 0.3 is 0 Å². The smallest absolute Gasteiger partial charge is 0.251 e. The summed E-state index contributed by atoms with van der Waals surface area (Å²) >= 11 is 5.95. The fraction of sp³-hybridized carbons (Fsp3) is 0.462. The van der Waals surface area contributed by atoms with Gasteiger partial charge in [-0.2, -0.15) is 0 Å². The molecule has 0 spiro atoms. The highest BCUT2D eigenvalue weighted by molar-refractivity contribution is 7.89. The van der Waals surface area contributed by atoms with E-state index < -0.39 is 10.0 Å². The van der Waals surface area contributed by atoms with Crippen molar-refractivity contribution in [3.8, 4) is 0 Å². The van der Waals surface area contributed by atoms with Crippen LogP contribution in [0.4, 0.5) is 0 Å². The second kappa shape index (κ2) is 6.56. The molecule has 0 unspecified atom stereocenters. The van der Waals surface area contributed by atoms with Crippen LogP contribution in [0.15, 0.2) is 17.0 Å². The Labute approximate surface area is 124 Å². The van der Waals surface area contributed by atoms with Crippen molar-refractivity contribution >= 4 is 27.5 Å². The average molecular weight is 319 g/mol. The molecule has 0 aliphatic carbocycles. The van der Waals surface area contributed by atoms with Crippen LogP contribution in [0.2, 0.25) is 5.02 Å². The molecule has 0 saturated carbocycles. The molecule has 0 bridgehead atoms. The Hall–Kier alpha value is -1.11. The number of primary sulfonamides is 1. The van der Waals surface area contributed by atoms with Crippen LogP contribution < -0.4 is 10.5 Å². The first-order chi connectivity index (χ1) is 9.12. The zero-order chi connectivity index (χ0) is 15.5. The molecule has 0 aromatic heterocycles. The predicted molar refractivity (Wildman–Crippen MR) is 79.4 cm³/mol. The molecule has 0 radical (unpaired) electrons. The van der Waals surface area contributed by atoms with E-state index in [9.17, 15) is 13.2 Å². The Morgan fingerprint density at radius 2 is 2.00 bits per heavy atom. The molecule has 1 amide bonds. The minimum atomic E-state index is -3.91. The maximum absolute atomic E-state index is 12.0. The lowest BCUT2D eigenvalue weighted by molar-refractivity contribution is 0.0952. The van der Waals surface area contributed by atoms with Crippen LogP contribution in [0.25, 0.3) is 0 Å². The van der Waals surface area contributed by atoms with Gasteiger partial charge in [0.15, 0.2) is 0 Å². The molecule has 1 rings (SSSR count). The summed E-state index contributed by atoms with van der Waals surface area (Å²) in [7, 11) is -3.91. The third-order valence-corrected chi connectivity index (χ3v) is 4.30. The van der Waals surface area contributed by atoms with Crippen molar-refractivity contribution in [1.82, 2.24) is 5.32 Å². The van der Waals surface area contributed by atoms with Gasteiger partial charge in [0, 0.05) is 17.1 Å². The van der Waals surface area contributed by atoms with E-state index in [0.717, 1.165) is 6.42 Å². The highest BCUT2D eigenvalue weighted by Crippen LogP contribution is 2.24. The summed E-state index contributed by atoms with van der Waals surface area (Å²) in [6.45, 7) is 6.16. The van der Waals surface area contributed by atoms with Crippen LogP contribution in [-0.4, -0.2) is 20.9 Å². The van der Waals surface area contributed by atoms with Crippen LogP contribution in [-0.2, 0) is 10.0 Å². The molecule has 0 atom stereocenters. The van der Waals surface area contributed by atoms with E-state index in [1.165, 1.54) is 12.1 Å². The van der Waals surface area contributed by atoms with Gasteiger partial charge in [-0.1, -0.05) is 25.4 Å². The molecule has 3 N–H and O–H groups in total. The summed E-state index contributed by atoms with van der Waals surface area (Å²) in [5.74, 6) is 0.106. The highest BCUT2D eigenvalue weighted by atomic mass is 35.5. The lowest BCUT2D eigenvalue weighted by atomic mass is 10.1. The second-order valence-corrected chi connectivity index (χ2v) is 7.00. The topological polar surface area (TPSA) is 89.3 Å². The van der Waals surface area contributed by atoms with Crippen molar-refractivity contribution in [3.63, 3.8) is 0 Å². The zero-order valence-corrected chi connectivity index (χ0v) is 13.3. The molecule has 5 nitrogen and oxygen atoms in total. The van der Waals surface area contributed by atoms with Gasteiger partial charge < -0.3 is 5.32 Å². The Morgan fingerprint density at radius 1 is 1.40 bits per heavy atom. The SMILES string of the molecule is Cc1c(Cl)cc(C(=O)NCCC(C)C)cc1S(N)(=O)=O. The minimum absolute atomic E-state index is 0.126. The molecule has 0 aliphatic rings. The quantitative estimate of drug-likeness (QED) is 0.871. The van der Waals surface area contributed by atoms with Crippen LogP contribution in [0.5, 0.6) is 0 Å². The van der Waals surface area contributed by atoms with E-state index in [1.807, 2.05) is 13.8 Å². The normalized spacial score (nSPS) is 11.7. The van der Waals surface area contributed by atoms with Crippen molar-refractivity contribution in [2.24, 2.45) is 11.1 Å². The van der Waals surface area contributed by atoms with Gasteiger partial charge in [0.05, 0.1) is 4.90 Å². The summed E-state index contributed by atoms with van der Waals surface area (Å²) in [4.78, 5) is 11.8. The van der Waals surface area contributed by atoms with Gasteiger partial charge in [-0.3, -0.25) is 4.79 Å². The van der Waals surface area contributed by atoms with Crippen LogP contribution in [0.1, 0.15) is 36.2 Å². The van der Waals surface area contributed by atoms with Crippen LogP contribution in [0, 0.1) is 12.8 Å². The molecular formula is C13H19ClN2O3S. The number of benzene rings is 1. The molecule has 1 aromatic carbocycles. The zero-order valence-electron chi connectivity index (χ0n) is 11.7. The van der Waals surface area contributed by atoms with Gasteiger partial charge in [0.25, 0.3) is 5.91 Å². The standard InChI is InChI=1S/C13H19ClN2O3S/c1-8(2)4-5-16-13(17)10-6-11(14)9(3)12(7-10)20(15,18)19/h6-8H,4-5H2,1-3H3,(H,16,17)(H2,15,18,19). The van der Waals surface area contributed by atoms with Gasteiger partial charge in [-0.15, -0.1) is 0 Å². The molecular weight excluding hydrogens is 300 g/mol. The van der Waals surface area contributed by atoms with E-state index in [2.05, 4.69) is 5.32 Å². The van der Waals surface area contributed by atoms with Crippen molar-refractivity contribution in [1.29, 1.82) is 0 Å². The van der Waals surface area contributed by atoms with E-state index in [0.29, 0.717) is 18.0 Å². The number of halogens is 1.